The highest BCUT2D eigenvalue weighted by Gasteiger charge is 2.24. The minimum Gasteiger partial charge on any atom is -0.497 e. The zero-order valence-electron chi connectivity index (χ0n) is 12.7. The lowest BCUT2D eigenvalue weighted by atomic mass is 10.3. The molecule has 0 bridgehead atoms. The molecule has 0 radical (unpaired) electrons. The number of nitrogens with zero attached hydrogens (tertiary/aromatic N) is 4. The third kappa shape index (κ3) is 2.34. The fraction of sp³-hybridized carbons (Fsp3) is 0.312. The number of ether oxygens (including phenoxy) is 1. The van der Waals surface area contributed by atoms with Crippen molar-refractivity contribution in [1.82, 2.24) is 18.7 Å². The Hall–Kier alpha value is -2.83. The highest BCUT2D eigenvalue weighted by atomic mass is 16.5. The van der Waals surface area contributed by atoms with E-state index in [-0.39, 0.29) is 16.9 Å². The van der Waals surface area contributed by atoms with Crippen LogP contribution in [0.2, 0.25) is 0 Å². The molecule has 1 aliphatic rings. The maximum atomic E-state index is 12.6. The van der Waals surface area contributed by atoms with E-state index in [9.17, 15) is 9.59 Å². The first-order chi connectivity index (χ1) is 11.2. The van der Waals surface area contributed by atoms with E-state index >= 15 is 0 Å². The average molecular weight is 312 g/mol. The number of hydrogen-bond donors (Lipinski definition) is 0. The summed E-state index contributed by atoms with van der Waals surface area (Å²) in [4.78, 5) is 24.9. The van der Waals surface area contributed by atoms with Gasteiger partial charge in [-0.3, -0.25) is 9.36 Å². The standard InChI is InChI=1S/C16H16N4O3/c1-23-13-6-4-12(5-7-13)18-8-9-19-14(15(18)21)17-20(16(19)22)10-11-2-3-11/h4-9,11H,2-3,10H2,1H3. The first-order valence-corrected chi connectivity index (χ1v) is 7.52. The van der Waals surface area contributed by atoms with Crippen LogP contribution in [-0.2, 0) is 6.54 Å². The largest absolute Gasteiger partial charge is 0.497 e. The van der Waals surface area contributed by atoms with Gasteiger partial charge in [-0.05, 0) is 43.0 Å². The quantitative estimate of drug-likeness (QED) is 0.722. The molecule has 1 aliphatic carbocycles. The van der Waals surface area contributed by atoms with Crippen LogP contribution in [0.3, 0.4) is 0 Å². The first-order valence-electron chi connectivity index (χ1n) is 7.52. The highest BCUT2D eigenvalue weighted by molar-refractivity contribution is 5.42. The maximum absolute atomic E-state index is 12.6. The van der Waals surface area contributed by atoms with Gasteiger partial charge in [-0.25, -0.2) is 13.9 Å². The second kappa shape index (κ2) is 5.12. The van der Waals surface area contributed by atoms with Crippen molar-refractivity contribution in [1.29, 1.82) is 0 Å². The van der Waals surface area contributed by atoms with Gasteiger partial charge in [0, 0.05) is 24.6 Å². The molecule has 0 amide bonds. The van der Waals surface area contributed by atoms with Gasteiger partial charge in [0.15, 0.2) is 0 Å². The molecule has 2 aromatic heterocycles. The molecule has 7 heteroatoms. The van der Waals surface area contributed by atoms with Gasteiger partial charge in [-0.2, -0.15) is 0 Å². The van der Waals surface area contributed by atoms with Crippen LogP contribution in [0, 0.1) is 5.92 Å². The molecule has 7 nitrogen and oxygen atoms in total. The molecule has 0 N–H and O–H groups in total. The summed E-state index contributed by atoms with van der Waals surface area (Å²) in [6.07, 6.45) is 5.41. The zero-order valence-corrected chi connectivity index (χ0v) is 12.7. The van der Waals surface area contributed by atoms with Gasteiger partial charge >= 0.3 is 11.2 Å². The van der Waals surface area contributed by atoms with Gasteiger partial charge in [-0.1, -0.05) is 0 Å². The van der Waals surface area contributed by atoms with Crippen molar-refractivity contribution >= 4 is 5.65 Å². The number of aromatic nitrogens is 4. The van der Waals surface area contributed by atoms with Crippen molar-refractivity contribution in [3.63, 3.8) is 0 Å². The fourth-order valence-electron chi connectivity index (χ4n) is 2.62. The molecule has 0 aliphatic heterocycles. The Balaban J connectivity index is 1.83. The van der Waals surface area contributed by atoms with Crippen LogP contribution in [0.15, 0.2) is 46.2 Å². The van der Waals surface area contributed by atoms with Gasteiger partial charge in [0.1, 0.15) is 5.75 Å². The smallest absolute Gasteiger partial charge is 0.350 e. The predicted molar refractivity (Wildman–Crippen MR) is 84.3 cm³/mol. The molecule has 1 fully saturated rings. The number of fused-ring (bicyclic) bond motifs is 1. The molecule has 3 aromatic rings. The van der Waals surface area contributed by atoms with Gasteiger partial charge in [0.05, 0.1) is 7.11 Å². The van der Waals surface area contributed by atoms with E-state index in [2.05, 4.69) is 5.10 Å². The predicted octanol–water partition coefficient (Wildman–Crippen LogP) is 1.07. The average Bonchev–Trinajstić information content (AvgIpc) is 3.33. The Bertz CT molecular complexity index is 977. The molecule has 1 saturated carbocycles. The minimum atomic E-state index is -0.315. The summed E-state index contributed by atoms with van der Waals surface area (Å²) in [5, 5.41) is 4.22. The summed E-state index contributed by atoms with van der Waals surface area (Å²) in [5.74, 6) is 1.23. The number of hydrogen-bond acceptors (Lipinski definition) is 4. The summed E-state index contributed by atoms with van der Waals surface area (Å²) in [5.41, 5.74) is 0.270. The van der Waals surface area contributed by atoms with Gasteiger partial charge in [0.25, 0.3) is 0 Å². The molecular weight excluding hydrogens is 296 g/mol. The molecule has 1 aromatic carbocycles. The van der Waals surface area contributed by atoms with Crippen molar-refractivity contribution in [2.75, 3.05) is 7.11 Å². The van der Waals surface area contributed by atoms with Crippen LogP contribution < -0.4 is 16.0 Å². The Morgan fingerprint density at radius 3 is 2.57 bits per heavy atom. The Kier molecular flexibility index (Phi) is 3.07. The fourth-order valence-corrected chi connectivity index (χ4v) is 2.62. The lowest BCUT2D eigenvalue weighted by Gasteiger charge is -2.06. The number of benzene rings is 1. The summed E-state index contributed by atoms with van der Waals surface area (Å²) >= 11 is 0. The van der Waals surface area contributed by atoms with E-state index in [0.717, 1.165) is 12.8 Å². The van der Waals surface area contributed by atoms with E-state index < -0.39 is 0 Å². The third-order valence-corrected chi connectivity index (χ3v) is 4.12. The van der Waals surface area contributed by atoms with Crippen molar-refractivity contribution in [3.8, 4) is 11.4 Å². The topological polar surface area (TPSA) is 70.5 Å². The molecular formula is C16H16N4O3. The molecule has 0 unspecified atom stereocenters. The lowest BCUT2D eigenvalue weighted by Crippen LogP contribution is -2.24. The van der Waals surface area contributed by atoms with E-state index in [1.165, 1.54) is 13.6 Å². The summed E-state index contributed by atoms with van der Waals surface area (Å²) in [6.45, 7) is 0.586. The molecule has 118 valence electrons. The molecule has 23 heavy (non-hydrogen) atoms. The third-order valence-electron chi connectivity index (χ3n) is 4.12. The molecule has 2 heterocycles. The SMILES string of the molecule is COc1ccc(-n2ccn3c(=O)n(CC4CC4)nc3c2=O)cc1. The molecule has 0 atom stereocenters. The zero-order chi connectivity index (χ0) is 16.0. The van der Waals surface area contributed by atoms with Gasteiger partial charge < -0.3 is 4.74 Å². The summed E-state index contributed by atoms with van der Waals surface area (Å²) < 4.78 is 9.30. The van der Waals surface area contributed by atoms with E-state index in [4.69, 9.17) is 4.74 Å². The van der Waals surface area contributed by atoms with Crippen molar-refractivity contribution in [3.05, 3.63) is 57.5 Å². The summed E-state index contributed by atoms with van der Waals surface area (Å²) in [6, 6.07) is 7.14. The van der Waals surface area contributed by atoms with Crippen LogP contribution in [0.1, 0.15) is 12.8 Å². The van der Waals surface area contributed by atoms with Crippen LogP contribution in [-0.4, -0.2) is 25.9 Å². The van der Waals surface area contributed by atoms with Crippen molar-refractivity contribution in [2.45, 2.75) is 19.4 Å². The molecule has 4 rings (SSSR count). The van der Waals surface area contributed by atoms with E-state index in [0.29, 0.717) is 23.9 Å². The van der Waals surface area contributed by atoms with Crippen LogP contribution >= 0.6 is 0 Å². The van der Waals surface area contributed by atoms with Gasteiger partial charge in [0.2, 0.25) is 5.65 Å². The van der Waals surface area contributed by atoms with Crippen molar-refractivity contribution in [2.24, 2.45) is 5.92 Å². The number of rotatable bonds is 4. The Labute approximate surface area is 131 Å². The Morgan fingerprint density at radius 2 is 1.91 bits per heavy atom. The molecule has 0 saturated heterocycles. The van der Waals surface area contributed by atoms with Crippen LogP contribution in [0.5, 0.6) is 5.75 Å². The second-order valence-corrected chi connectivity index (χ2v) is 5.77. The van der Waals surface area contributed by atoms with Crippen LogP contribution in [0.4, 0.5) is 0 Å². The molecule has 0 spiro atoms. The number of methoxy groups -OCH3 is 1. The van der Waals surface area contributed by atoms with E-state index in [1.807, 2.05) is 0 Å². The highest BCUT2D eigenvalue weighted by Crippen LogP contribution is 2.29. The van der Waals surface area contributed by atoms with Crippen LogP contribution in [0.25, 0.3) is 11.3 Å². The first kappa shape index (κ1) is 13.8. The minimum absolute atomic E-state index is 0.147. The Morgan fingerprint density at radius 1 is 1.17 bits per heavy atom. The normalized spacial score (nSPS) is 14.3. The maximum Gasteiger partial charge on any atom is 0.350 e. The van der Waals surface area contributed by atoms with Crippen molar-refractivity contribution < 1.29 is 4.74 Å². The van der Waals surface area contributed by atoms with E-state index in [1.54, 1.807) is 43.8 Å². The summed E-state index contributed by atoms with van der Waals surface area (Å²) in [7, 11) is 1.59. The second-order valence-electron chi connectivity index (χ2n) is 5.77. The monoisotopic (exact) mass is 312 g/mol. The van der Waals surface area contributed by atoms with Gasteiger partial charge in [-0.15, -0.1) is 5.10 Å². The lowest BCUT2D eigenvalue weighted by molar-refractivity contribution is 0.414.